The van der Waals surface area contributed by atoms with Gasteiger partial charge in [-0.05, 0) is 43.0 Å². The molecule has 2 heteroatoms. The fraction of sp³-hybridized carbons (Fsp3) is 0.263. The van der Waals surface area contributed by atoms with Gasteiger partial charge in [-0.1, -0.05) is 54.1 Å². The van der Waals surface area contributed by atoms with E-state index in [9.17, 15) is 5.11 Å². The van der Waals surface area contributed by atoms with E-state index < -0.39 is 6.10 Å². The maximum atomic E-state index is 10.2. The summed E-state index contributed by atoms with van der Waals surface area (Å²) in [5, 5.41) is 10.2. The molecule has 0 aliphatic rings. The van der Waals surface area contributed by atoms with Crippen LogP contribution in [0.4, 0.5) is 0 Å². The van der Waals surface area contributed by atoms with Gasteiger partial charge in [0.15, 0.2) is 0 Å². The van der Waals surface area contributed by atoms with Gasteiger partial charge in [0.05, 0.1) is 13.2 Å². The number of hydrogen-bond acceptors (Lipinski definition) is 2. The standard InChI is InChI=1S/C19H22O2/c1-15(8-9-16-6-4-3-5-7-16)14-19(20)17-10-12-18(21-2)13-11-17/h3-7,10-14,19-20H,8-9H2,1-2H3/b15-14+/t19-/m0/s1. The van der Waals surface area contributed by atoms with Crippen molar-refractivity contribution in [2.45, 2.75) is 25.9 Å². The number of aliphatic hydroxyl groups is 1. The largest absolute Gasteiger partial charge is 0.497 e. The Bertz CT molecular complexity index is 570. The lowest BCUT2D eigenvalue weighted by Crippen LogP contribution is -1.96. The average Bonchev–Trinajstić information content (AvgIpc) is 2.54. The highest BCUT2D eigenvalue weighted by molar-refractivity contribution is 5.30. The van der Waals surface area contributed by atoms with Crippen LogP contribution >= 0.6 is 0 Å². The second-order valence-corrected chi connectivity index (χ2v) is 5.22. The molecule has 0 saturated heterocycles. The van der Waals surface area contributed by atoms with E-state index >= 15 is 0 Å². The summed E-state index contributed by atoms with van der Waals surface area (Å²) in [6.45, 7) is 2.07. The van der Waals surface area contributed by atoms with Crippen molar-refractivity contribution < 1.29 is 9.84 Å². The molecule has 2 rings (SSSR count). The number of benzene rings is 2. The summed E-state index contributed by atoms with van der Waals surface area (Å²) >= 11 is 0. The van der Waals surface area contributed by atoms with Crippen LogP contribution in [0.1, 0.15) is 30.6 Å². The Labute approximate surface area is 126 Å². The first-order valence-corrected chi connectivity index (χ1v) is 7.22. The van der Waals surface area contributed by atoms with Crippen LogP contribution in [-0.2, 0) is 6.42 Å². The number of aliphatic hydroxyl groups excluding tert-OH is 1. The zero-order chi connectivity index (χ0) is 15.1. The van der Waals surface area contributed by atoms with E-state index in [0.29, 0.717) is 0 Å². The second kappa shape index (κ2) is 7.65. The van der Waals surface area contributed by atoms with Crippen molar-refractivity contribution in [3.8, 4) is 5.75 Å². The quantitative estimate of drug-likeness (QED) is 0.800. The highest BCUT2D eigenvalue weighted by atomic mass is 16.5. The highest BCUT2D eigenvalue weighted by Gasteiger charge is 2.05. The van der Waals surface area contributed by atoms with Gasteiger partial charge in [0, 0.05) is 0 Å². The molecule has 21 heavy (non-hydrogen) atoms. The average molecular weight is 282 g/mol. The molecule has 0 unspecified atom stereocenters. The molecule has 0 bridgehead atoms. The van der Waals surface area contributed by atoms with Crippen LogP contribution in [-0.4, -0.2) is 12.2 Å². The molecule has 0 aliphatic carbocycles. The third kappa shape index (κ3) is 4.76. The number of rotatable bonds is 6. The van der Waals surface area contributed by atoms with Crippen LogP contribution < -0.4 is 4.74 Å². The molecule has 110 valence electrons. The van der Waals surface area contributed by atoms with Gasteiger partial charge in [-0.2, -0.15) is 0 Å². The number of allylic oxidation sites excluding steroid dienone is 1. The molecule has 0 spiro atoms. The zero-order valence-corrected chi connectivity index (χ0v) is 12.6. The Balaban J connectivity index is 1.94. The molecule has 0 saturated carbocycles. The molecule has 2 nitrogen and oxygen atoms in total. The van der Waals surface area contributed by atoms with E-state index in [-0.39, 0.29) is 0 Å². The van der Waals surface area contributed by atoms with Crippen molar-refractivity contribution >= 4 is 0 Å². The van der Waals surface area contributed by atoms with Crippen LogP contribution in [0, 0.1) is 0 Å². The first-order valence-electron chi connectivity index (χ1n) is 7.22. The van der Waals surface area contributed by atoms with Crippen molar-refractivity contribution in [3.63, 3.8) is 0 Å². The second-order valence-electron chi connectivity index (χ2n) is 5.22. The molecule has 1 N–H and O–H groups in total. The molecule has 0 radical (unpaired) electrons. The van der Waals surface area contributed by atoms with Crippen LogP contribution in [0.15, 0.2) is 66.2 Å². The minimum absolute atomic E-state index is 0.563. The summed E-state index contributed by atoms with van der Waals surface area (Å²) in [6.07, 6.45) is 3.31. The minimum atomic E-state index is -0.563. The molecular weight excluding hydrogens is 260 g/mol. The number of aryl methyl sites for hydroxylation is 1. The van der Waals surface area contributed by atoms with Gasteiger partial charge in [0.2, 0.25) is 0 Å². The van der Waals surface area contributed by atoms with Gasteiger partial charge < -0.3 is 9.84 Å². The fourth-order valence-corrected chi connectivity index (χ4v) is 2.24. The number of ether oxygens (including phenoxy) is 1. The Morgan fingerprint density at radius 1 is 1.10 bits per heavy atom. The van der Waals surface area contributed by atoms with Crippen molar-refractivity contribution in [2.75, 3.05) is 7.11 Å². The lowest BCUT2D eigenvalue weighted by molar-refractivity contribution is 0.227. The minimum Gasteiger partial charge on any atom is -0.497 e. The van der Waals surface area contributed by atoms with E-state index in [1.807, 2.05) is 36.4 Å². The van der Waals surface area contributed by atoms with Gasteiger partial charge in [-0.25, -0.2) is 0 Å². The number of hydrogen-bond donors (Lipinski definition) is 1. The number of methoxy groups -OCH3 is 1. The first kappa shape index (κ1) is 15.3. The molecule has 0 aromatic heterocycles. The molecule has 0 amide bonds. The van der Waals surface area contributed by atoms with E-state index in [1.165, 1.54) is 11.1 Å². The third-order valence-corrected chi connectivity index (χ3v) is 3.55. The van der Waals surface area contributed by atoms with E-state index in [4.69, 9.17) is 4.74 Å². The maximum absolute atomic E-state index is 10.2. The van der Waals surface area contributed by atoms with Crippen LogP contribution in [0.2, 0.25) is 0 Å². The van der Waals surface area contributed by atoms with E-state index in [2.05, 4.69) is 31.2 Å². The first-order chi connectivity index (χ1) is 10.2. The Morgan fingerprint density at radius 3 is 2.38 bits per heavy atom. The van der Waals surface area contributed by atoms with Crippen molar-refractivity contribution in [2.24, 2.45) is 0 Å². The molecule has 2 aromatic carbocycles. The summed E-state index contributed by atoms with van der Waals surface area (Å²) in [4.78, 5) is 0. The lowest BCUT2D eigenvalue weighted by atomic mass is 10.0. The van der Waals surface area contributed by atoms with Crippen molar-refractivity contribution in [1.29, 1.82) is 0 Å². The van der Waals surface area contributed by atoms with Crippen molar-refractivity contribution in [1.82, 2.24) is 0 Å². The summed E-state index contributed by atoms with van der Waals surface area (Å²) in [5.74, 6) is 0.802. The Morgan fingerprint density at radius 2 is 1.76 bits per heavy atom. The summed E-state index contributed by atoms with van der Waals surface area (Å²) < 4.78 is 5.12. The van der Waals surface area contributed by atoms with E-state index in [1.54, 1.807) is 7.11 Å². The molecule has 2 aromatic rings. The van der Waals surface area contributed by atoms with E-state index in [0.717, 1.165) is 24.2 Å². The summed E-state index contributed by atoms with van der Waals surface area (Å²) in [7, 11) is 1.64. The van der Waals surface area contributed by atoms with Crippen LogP contribution in [0.5, 0.6) is 5.75 Å². The van der Waals surface area contributed by atoms with Gasteiger partial charge in [0.1, 0.15) is 5.75 Å². The summed E-state index contributed by atoms with van der Waals surface area (Å²) in [5.41, 5.74) is 3.40. The third-order valence-electron chi connectivity index (χ3n) is 3.55. The normalized spacial score (nSPS) is 13.0. The molecule has 0 aliphatic heterocycles. The molecule has 0 fully saturated rings. The maximum Gasteiger partial charge on any atom is 0.118 e. The molecular formula is C19H22O2. The van der Waals surface area contributed by atoms with Crippen LogP contribution in [0.3, 0.4) is 0 Å². The van der Waals surface area contributed by atoms with Crippen molar-refractivity contribution in [3.05, 3.63) is 77.4 Å². The lowest BCUT2D eigenvalue weighted by Gasteiger charge is -2.09. The SMILES string of the molecule is COc1ccc([C@@H](O)/C=C(\C)CCc2ccccc2)cc1. The van der Waals surface area contributed by atoms with Gasteiger partial charge in [0.25, 0.3) is 0 Å². The fourth-order valence-electron chi connectivity index (χ4n) is 2.24. The predicted molar refractivity (Wildman–Crippen MR) is 86.5 cm³/mol. The highest BCUT2D eigenvalue weighted by Crippen LogP contribution is 2.20. The predicted octanol–water partition coefficient (Wildman–Crippen LogP) is 4.31. The summed E-state index contributed by atoms with van der Waals surface area (Å²) in [6, 6.07) is 17.9. The molecule has 1 atom stereocenters. The topological polar surface area (TPSA) is 29.5 Å². The van der Waals surface area contributed by atoms with Gasteiger partial charge in [-0.3, -0.25) is 0 Å². The zero-order valence-electron chi connectivity index (χ0n) is 12.6. The molecule has 0 heterocycles. The monoisotopic (exact) mass is 282 g/mol. The smallest absolute Gasteiger partial charge is 0.118 e. The van der Waals surface area contributed by atoms with Gasteiger partial charge >= 0.3 is 0 Å². The Kier molecular flexibility index (Phi) is 5.59. The van der Waals surface area contributed by atoms with Crippen LogP contribution in [0.25, 0.3) is 0 Å². The Hall–Kier alpha value is -2.06. The van der Waals surface area contributed by atoms with Gasteiger partial charge in [-0.15, -0.1) is 0 Å².